The van der Waals surface area contributed by atoms with Crippen molar-refractivity contribution in [1.29, 1.82) is 0 Å². The molecule has 7 nitrogen and oxygen atoms in total. The number of benzene rings is 2. The minimum absolute atomic E-state index is 0.176. The number of nitrogens with zero attached hydrogens (tertiary/aromatic N) is 1. The van der Waals surface area contributed by atoms with Crippen molar-refractivity contribution in [3.8, 4) is 5.75 Å². The number of amides is 2. The summed E-state index contributed by atoms with van der Waals surface area (Å²) >= 11 is 0. The van der Waals surface area contributed by atoms with Gasteiger partial charge < -0.3 is 19.9 Å². The summed E-state index contributed by atoms with van der Waals surface area (Å²) in [5.74, 6) is 0.777. The Bertz CT molecular complexity index is 1070. The number of carbonyl (C=O) groups is 2. The molecular formula is C23H23N3O4. The second-order valence-corrected chi connectivity index (χ2v) is 7.37. The molecule has 30 heavy (non-hydrogen) atoms. The van der Waals surface area contributed by atoms with Crippen LogP contribution in [0.3, 0.4) is 0 Å². The summed E-state index contributed by atoms with van der Waals surface area (Å²) in [4.78, 5) is 25.2. The van der Waals surface area contributed by atoms with Crippen LogP contribution in [0.25, 0.3) is 0 Å². The molecule has 1 aliphatic carbocycles. The van der Waals surface area contributed by atoms with Crippen LogP contribution in [0.15, 0.2) is 53.1 Å². The molecule has 154 valence electrons. The normalized spacial score (nSPS) is 13.0. The zero-order chi connectivity index (χ0) is 21.1. The molecule has 0 unspecified atom stereocenters. The Morgan fingerprint density at radius 2 is 1.90 bits per heavy atom. The first-order valence-corrected chi connectivity index (χ1v) is 9.87. The number of hydrogen-bond donors (Lipinski definition) is 2. The average Bonchev–Trinajstić information content (AvgIpc) is 3.50. The van der Waals surface area contributed by atoms with E-state index in [1.807, 2.05) is 13.8 Å². The number of nitrogens with one attached hydrogen (secondary N) is 2. The quantitative estimate of drug-likeness (QED) is 0.619. The molecule has 0 atom stereocenters. The Morgan fingerprint density at radius 3 is 2.63 bits per heavy atom. The molecule has 4 rings (SSSR count). The van der Waals surface area contributed by atoms with E-state index in [0.29, 0.717) is 34.9 Å². The molecule has 2 amide bonds. The number of hydrogen-bond acceptors (Lipinski definition) is 5. The van der Waals surface area contributed by atoms with E-state index in [1.165, 1.54) is 0 Å². The van der Waals surface area contributed by atoms with Crippen molar-refractivity contribution in [2.45, 2.75) is 39.3 Å². The summed E-state index contributed by atoms with van der Waals surface area (Å²) in [6, 6.07) is 14.1. The number of rotatable bonds is 7. The predicted octanol–water partition coefficient (Wildman–Crippen LogP) is 4.01. The number of anilines is 1. The highest BCUT2D eigenvalue weighted by Gasteiger charge is 2.25. The first kappa shape index (κ1) is 19.7. The lowest BCUT2D eigenvalue weighted by molar-refractivity contribution is 0.0952. The van der Waals surface area contributed by atoms with E-state index in [1.54, 1.807) is 48.5 Å². The first-order valence-electron chi connectivity index (χ1n) is 9.87. The summed E-state index contributed by atoms with van der Waals surface area (Å²) in [5, 5.41) is 9.70. The van der Waals surface area contributed by atoms with Crippen molar-refractivity contribution in [2.75, 3.05) is 5.32 Å². The third kappa shape index (κ3) is 4.51. The van der Waals surface area contributed by atoms with Crippen LogP contribution < -0.4 is 15.4 Å². The lowest BCUT2D eigenvalue weighted by atomic mass is 10.1. The molecule has 0 spiro atoms. The van der Waals surface area contributed by atoms with Crippen molar-refractivity contribution >= 4 is 17.5 Å². The zero-order valence-corrected chi connectivity index (χ0v) is 16.9. The van der Waals surface area contributed by atoms with Gasteiger partial charge in [0.1, 0.15) is 18.1 Å². The molecule has 3 aromatic rings. The molecule has 1 fully saturated rings. The van der Waals surface area contributed by atoms with E-state index in [0.717, 1.165) is 24.1 Å². The Hall–Kier alpha value is -3.61. The van der Waals surface area contributed by atoms with Gasteiger partial charge in [-0.3, -0.25) is 9.59 Å². The van der Waals surface area contributed by atoms with Gasteiger partial charge in [0.05, 0.1) is 22.5 Å². The number of aryl methyl sites for hydroxylation is 2. The number of carbonyl (C=O) groups excluding carboxylic acids is 2. The maximum absolute atomic E-state index is 12.8. The molecule has 7 heteroatoms. The molecule has 0 radical (unpaired) electrons. The first-order chi connectivity index (χ1) is 14.5. The topological polar surface area (TPSA) is 93.5 Å². The van der Waals surface area contributed by atoms with Gasteiger partial charge in [-0.25, -0.2) is 0 Å². The standard InChI is InChI=1S/C23H23N3O4/c1-14-20(15(2)30-26-14)13-29-18-7-5-6-16(12-18)22(27)25-21-9-4-3-8-19(21)23(28)24-17-10-11-17/h3-9,12,17H,10-11,13H2,1-2H3,(H,24,28)(H,25,27). The highest BCUT2D eigenvalue weighted by molar-refractivity contribution is 6.09. The SMILES string of the molecule is Cc1noc(C)c1COc1cccc(C(=O)Nc2ccccc2C(=O)NC2CC2)c1. The van der Waals surface area contributed by atoms with E-state index in [9.17, 15) is 9.59 Å². The van der Waals surface area contributed by atoms with Gasteiger partial charge in [0.15, 0.2) is 0 Å². The fourth-order valence-corrected chi connectivity index (χ4v) is 3.07. The van der Waals surface area contributed by atoms with Crippen LogP contribution in [-0.4, -0.2) is 23.0 Å². The minimum Gasteiger partial charge on any atom is -0.489 e. The minimum atomic E-state index is -0.315. The second kappa shape index (κ2) is 8.41. The highest BCUT2D eigenvalue weighted by Crippen LogP contribution is 2.23. The predicted molar refractivity (Wildman–Crippen MR) is 112 cm³/mol. The molecule has 0 aliphatic heterocycles. The van der Waals surface area contributed by atoms with E-state index < -0.39 is 0 Å². The molecular weight excluding hydrogens is 382 g/mol. The van der Waals surface area contributed by atoms with Crippen LogP contribution in [0.5, 0.6) is 5.75 Å². The third-order valence-electron chi connectivity index (χ3n) is 4.99. The summed E-state index contributed by atoms with van der Waals surface area (Å²) in [7, 11) is 0. The Labute approximate surface area is 174 Å². The van der Waals surface area contributed by atoms with E-state index >= 15 is 0 Å². The summed E-state index contributed by atoms with van der Waals surface area (Å²) < 4.78 is 11.0. The fourth-order valence-electron chi connectivity index (χ4n) is 3.07. The van der Waals surface area contributed by atoms with Crippen LogP contribution in [0.1, 0.15) is 50.6 Å². The third-order valence-corrected chi connectivity index (χ3v) is 4.99. The van der Waals surface area contributed by atoms with Crippen LogP contribution >= 0.6 is 0 Å². The molecule has 2 aromatic carbocycles. The van der Waals surface area contributed by atoms with Gasteiger partial charge in [-0.2, -0.15) is 0 Å². The van der Waals surface area contributed by atoms with Gasteiger partial charge in [-0.15, -0.1) is 0 Å². The van der Waals surface area contributed by atoms with Crippen molar-refractivity contribution in [2.24, 2.45) is 0 Å². The molecule has 0 saturated heterocycles. The average molecular weight is 405 g/mol. The van der Waals surface area contributed by atoms with Crippen LogP contribution in [-0.2, 0) is 6.61 Å². The molecule has 0 bridgehead atoms. The van der Waals surface area contributed by atoms with Gasteiger partial charge in [0, 0.05) is 11.6 Å². The van der Waals surface area contributed by atoms with Gasteiger partial charge in [-0.1, -0.05) is 23.4 Å². The molecule has 2 N–H and O–H groups in total. The summed E-state index contributed by atoms with van der Waals surface area (Å²) in [5.41, 5.74) is 3.03. The second-order valence-electron chi connectivity index (χ2n) is 7.37. The van der Waals surface area contributed by atoms with Crippen LogP contribution in [0, 0.1) is 13.8 Å². The summed E-state index contributed by atoms with van der Waals surface area (Å²) in [6.07, 6.45) is 2.00. The Morgan fingerprint density at radius 1 is 1.10 bits per heavy atom. The molecule has 1 aromatic heterocycles. The zero-order valence-electron chi connectivity index (χ0n) is 16.9. The van der Waals surface area contributed by atoms with Gasteiger partial charge >= 0.3 is 0 Å². The molecule has 1 heterocycles. The highest BCUT2D eigenvalue weighted by atomic mass is 16.5. The Balaban J connectivity index is 1.45. The number of ether oxygens (including phenoxy) is 1. The maximum Gasteiger partial charge on any atom is 0.255 e. The van der Waals surface area contributed by atoms with E-state index in [-0.39, 0.29) is 17.9 Å². The van der Waals surface area contributed by atoms with Gasteiger partial charge in [0.2, 0.25) is 0 Å². The Kier molecular flexibility index (Phi) is 5.52. The largest absolute Gasteiger partial charge is 0.489 e. The van der Waals surface area contributed by atoms with Gasteiger partial charge in [-0.05, 0) is 57.0 Å². The van der Waals surface area contributed by atoms with Crippen molar-refractivity contribution in [1.82, 2.24) is 10.5 Å². The number of aromatic nitrogens is 1. The number of para-hydroxylation sites is 1. The smallest absolute Gasteiger partial charge is 0.255 e. The van der Waals surface area contributed by atoms with E-state index in [4.69, 9.17) is 9.26 Å². The van der Waals surface area contributed by atoms with Crippen LogP contribution in [0.4, 0.5) is 5.69 Å². The summed E-state index contributed by atoms with van der Waals surface area (Å²) in [6.45, 7) is 3.99. The lowest BCUT2D eigenvalue weighted by Crippen LogP contribution is -2.27. The van der Waals surface area contributed by atoms with Gasteiger partial charge in [0.25, 0.3) is 11.8 Å². The monoisotopic (exact) mass is 405 g/mol. The van der Waals surface area contributed by atoms with Crippen LogP contribution in [0.2, 0.25) is 0 Å². The van der Waals surface area contributed by atoms with Crippen molar-refractivity contribution < 1.29 is 18.8 Å². The fraction of sp³-hybridized carbons (Fsp3) is 0.261. The van der Waals surface area contributed by atoms with E-state index in [2.05, 4.69) is 15.8 Å². The molecule has 1 saturated carbocycles. The van der Waals surface area contributed by atoms with Crippen molar-refractivity contribution in [3.63, 3.8) is 0 Å². The lowest BCUT2D eigenvalue weighted by Gasteiger charge is -2.12. The maximum atomic E-state index is 12.8. The molecule has 1 aliphatic rings. The van der Waals surface area contributed by atoms with Crippen molar-refractivity contribution in [3.05, 3.63) is 76.7 Å².